The lowest BCUT2D eigenvalue weighted by molar-refractivity contribution is -0.307. The van der Waals surface area contributed by atoms with Crippen molar-refractivity contribution in [2.24, 2.45) is 0 Å². The zero-order valence-corrected chi connectivity index (χ0v) is 17.8. The number of hydrogen-bond acceptors (Lipinski definition) is 7. The molecular weight excluding hydrogens is 456 g/mol. The second kappa shape index (κ2) is 10.9. The van der Waals surface area contributed by atoms with Crippen LogP contribution < -0.4 is 24.6 Å². The molecule has 0 unspecified atom stereocenters. The van der Waals surface area contributed by atoms with Gasteiger partial charge >= 0.3 is 0 Å². The maximum absolute atomic E-state index is 12.5. The van der Waals surface area contributed by atoms with E-state index in [1.807, 2.05) is 13.0 Å². The molecule has 1 amide bonds. The summed E-state index contributed by atoms with van der Waals surface area (Å²) in [5.74, 6) is -0.991. The molecule has 2 aromatic rings. The van der Waals surface area contributed by atoms with E-state index in [-0.39, 0.29) is 17.1 Å². The molecule has 0 saturated carbocycles. The Kier molecular flexibility index (Phi) is 8.26. The molecule has 0 spiro atoms. The van der Waals surface area contributed by atoms with Crippen LogP contribution in [0.25, 0.3) is 6.08 Å². The Balaban J connectivity index is 2.28. The molecule has 30 heavy (non-hydrogen) atoms. The van der Waals surface area contributed by atoms with Crippen LogP contribution >= 0.6 is 15.9 Å². The van der Waals surface area contributed by atoms with E-state index in [2.05, 4.69) is 21.2 Å². The monoisotopic (exact) mass is 473 g/mol. The Morgan fingerprint density at radius 1 is 1.23 bits per heavy atom. The standard InChI is InChI=1S/C21H19BrN2O6/c1-3-29-16-6-4-5-15(9-16)24-21(27)14(11-23)7-13-8-18(28-2)19(10-17(13)22)30-12-20(25)26/h4-10H,3,12H2,1-2H3,(H,24,27)(H,25,26)/p-1/b14-7-. The summed E-state index contributed by atoms with van der Waals surface area (Å²) in [4.78, 5) is 23.1. The van der Waals surface area contributed by atoms with Gasteiger partial charge in [0.25, 0.3) is 5.91 Å². The first kappa shape index (κ1) is 22.8. The molecule has 8 nitrogen and oxygen atoms in total. The topological polar surface area (TPSA) is 121 Å². The highest BCUT2D eigenvalue weighted by Crippen LogP contribution is 2.34. The van der Waals surface area contributed by atoms with Gasteiger partial charge in [-0.25, -0.2) is 0 Å². The first-order valence-corrected chi connectivity index (χ1v) is 9.53. The summed E-state index contributed by atoms with van der Waals surface area (Å²) in [7, 11) is 1.38. The molecule has 0 bridgehead atoms. The zero-order chi connectivity index (χ0) is 22.1. The third-order valence-electron chi connectivity index (χ3n) is 3.70. The number of amides is 1. The smallest absolute Gasteiger partial charge is 0.266 e. The number of nitriles is 1. The van der Waals surface area contributed by atoms with Gasteiger partial charge in [-0.05, 0) is 42.8 Å². The zero-order valence-electron chi connectivity index (χ0n) is 16.2. The molecule has 0 radical (unpaired) electrons. The third kappa shape index (κ3) is 6.25. The Morgan fingerprint density at radius 2 is 2.00 bits per heavy atom. The molecule has 9 heteroatoms. The number of rotatable bonds is 9. The van der Waals surface area contributed by atoms with Crippen molar-refractivity contribution in [3.8, 4) is 23.3 Å². The van der Waals surface area contributed by atoms with E-state index < -0.39 is 18.5 Å². The molecule has 0 aliphatic rings. The van der Waals surface area contributed by atoms with Crippen molar-refractivity contribution < 1.29 is 28.9 Å². The molecule has 0 atom stereocenters. The summed E-state index contributed by atoms with van der Waals surface area (Å²) < 4.78 is 16.2. The van der Waals surface area contributed by atoms with Crippen molar-refractivity contribution in [1.29, 1.82) is 5.26 Å². The Hall–Kier alpha value is -3.51. The Morgan fingerprint density at radius 3 is 2.63 bits per heavy atom. The van der Waals surface area contributed by atoms with Crippen LogP contribution in [0, 0.1) is 11.3 Å². The van der Waals surface area contributed by atoms with E-state index in [4.69, 9.17) is 14.2 Å². The van der Waals surface area contributed by atoms with Crippen LogP contribution in [-0.2, 0) is 9.59 Å². The highest BCUT2D eigenvalue weighted by Gasteiger charge is 2.14. The number of aliphatic carboxylic acids is 1. The second-order valence-electron chi connectivity index (χ2n) is 5.77. The van der Waals surface area contributed by atoms with Gasteiger partial charge in [-0.2, -0.15) is 5.26 Å². The fraction of sp³-hybridized carbons (Fsp3) is 0.190. The number of ether oxygens (including phenoxy) is 3. The van der Waals surface area contributed by atoms with Gasteiger partial charge in [-0.3, -0.25) is 4.79 Å². The molecule has 1 N–H and O–H groups in total. The maximum atomic E-state index is 12.5. The fourth-order valence-corrected chi connectivity index (χ4v) is 2.84. The molecule has 0 fully saturated rings. The van der Waals surface area contributed by atoms with Crippen LogP contribution in [0.3, 0.4) is 0 Å². The van der Waals surface area contributed by atoms with Gasteiger partial charge < -0.3 is 29.4 Å². The molecule has 2 aromatic carbocycles. The highest BCUT2D eigenvalue weighted by atomic mass is 79.9. The summed E-state index contributed by atoms with van der Waals surface area (Å²) in [6, 6.07) is 11.7. The van der Waals surface area contributed by atoms with Crippen molar-refractivity contribution in [2.75, 3.05) is 25.6 Å². The molecule has 156 valence electrons. The van der Waals surface area contributed by atoms with Crippen molar-refractivity contribution in [3.63, 3.8) is 0 Å². The summed E-state index contributed by atoms with van der Waals surface area (Å²) in [6.07, 6.45) is 1.37. The third-order valence-corrected chi connectivity index (χ3v) is 4.38. The number of carboxylic acid groups (broad SMARTS) is 1. The van der Waals surface area contributed by atoms with Crippen LogP contribution in [0.1, 0.15) is 12.5 Å². The van der Waals surface area contributed by atoms with Gasteiger partial charge in [0.05, 0.1) is 19.7 Å². The van der Waals surface area contributed by atoms with Crippen LogP contribution in [0.15, 0.2) is 46.4 Å². The predicted molar refractivity (Wildman–Crippen MR) is 111 cm³/mol. The average molecular weight is 474 g/mol. The number of hydrogen-bond donors (Lipinski definition) is 1. The number of carbonyl (C=O) groups excluding carboxylic acids is 2. The van der Waals surface area contributed by atoms with Gasteiger partial charge in [-0.15, -0.1) is 0 Å². The van der Waals surface area contributed by atoms with Crippen LogP contribution in [0.2, 0.25) is 0 Å². The van der Waals surface area contributed by atoms with E-state index in [0.717, 1.165) is 0 Å². The lowest BCUT2D eigenvalue weighted by Gasteiger charge is -2.13. The van der Waals surface area contributed by atoms with E-state index >= 15 is 0 Å². The van der Waals surface area contributed by atoms with Crippen molar-refractivity contribution in [1.82, 2.24) is 0 Å². The minimum Gasteiger partial charge on any atom is -0.546 e. The summed E-state index contributed by atoms with van der Waals surface area (Å²) in [5.41, 5.74) is 0.792. The normalized spacial score (nSPS) is 10.7. The van der Waals surface area contributed by atoms with Gasteiger partial charge in [-0.1, -0.05) is 22.0 Å². The molecule has 0 aliphatic heterocycles. The minimum absolute atomic E-state index is 0.150. The lowest BCUT2D eigenvalue weighted by atomic mass is 10.1. The van der Waals surface area contributed by atoms with Gasteiger partial charge in [0.2, 0.25) is 0 Å². The summed E-state index contributed by atoms with van der Waals surface area (Å²) >= 11 is 3.32. The van der Waals surface area contributed by atoms with Crippen LogP contribution in [-0.4, -0.2) is 32.2 Å². The van der Waals surface area contributed by atoms with Crippen LogP contribution in [0.5, 0.6) is 17.2 Å². The van der Waals surface area contributed by atoms with E-state index in [9.17, 15) is 20.0 Å². The Bertz CT molecular complexity index is 1010. The van der Waals surface area contributed by atoms with E-state index in [1.54, 1.807) is 24.3 Å². The predicted octanol–water partition coefficient (Wildman–Crippen LogP) is 2.53. The summed E-state index contributed by atoms with van der Waals surface area (Å²) in [6.45, 7) is 1.69. The first-order chi connectivity index (χ1) is 14.4. The van der Waals surface area contributed by atoms with Gasteiger partial charge in [0, 0.05) is 16.2 Å². The number of nitrogens with one attached hydrogen (secondary N) is 1. The molecular formula is C21H18BrN2O6-. The van der Waals surface area contributed by atoms with Crippen LogP contribution in [0.4, 0.5) is 5.69 Å². The van der Waals surface area contributed by atoms with Crippen molar-refractivity contribution >= 4 is 39.6 Å². The van der Waals surface area contributed by atoms with Gasteiger partial charge in [0.1, 0.15) is 24.0 Å². The number of methoxy groups -OCH3 is 1. The van der Waals surface area contributed by atoms with Crippen molar-refractivity contribution in [3.05, 3.63) is 52.0 Å². The van der Waals surface area contributed by atoms with E-state index in [1.165, 1.54) is 25.3 Å². The first-order valence-electron chi connectivity index (χ1n) is 8.74. The summed E-state index contributed by atoms with van der Waals surface area (Å²) in [5, 5.41) is 22.7. The van der Waals surface area contributed by atoms with E-state index in [0.29, 0.717) is 28.1 Å². The number of carbonyl (C=O) groups is 2. The average Bonchev–Trinajstić information content (AvgIpc) is 2.71. The number of anilines is 1. The van der Waals surface area contributed by atoms with Crippen molar-refractivity contribution in [2.45, 2.75) is 6.92 Å². The minimum atomic E-state index is -1.38. The second-order valence-corrected chi connectivity index (χ2v) is 6.62. The number of halogens is 1. The maximum Gasteiger partial charge on any atom is 0.266 e. The van der Waals surface area contributed by atoms with Gasteiger partial charge in [0.15, 0.2) is 11.5 Å². The molecule has 0 heterocycles. The molecule has 2 rings (SSSR count). The largest absolute Gasteiger partial charge is 0.546 e. The quantitative estimate of drug-likeness (QED) is 0.438. The molecule has 0 aliphatic carbocycles. The number of carboxylic acids is 1. The number of benzene rings is 2. The fourth-order valence-electron chi connectivity index (χ4n) is 2.40. The molecule has 0 aromatic heterocycles. The Labute approximate surface area is 181 Å². The SMILES string of the molecule is CCOc1cccc(NC(=O)/C(C#N)=C\c2cc(OC)c(OCC(=O)[O-])cc2Br)c1. The number of nitrogens with zero attached hydrogens (tertiary/aromatic N) is 1. The highest BCUT2D eigenvalue weighted by molar-refractivity contribution is 9.10. The molecule has 0 saturated heterocycles. The lowest BCUT2D eigenvalue weighted by Crippen LogP contribution is -2.29.